The molecule has 78 valence electrons. The van der Waals surface area contributed by atoms with Crippen molar-refractivity contribution in [3.8, 4) is 0 Å². The number of hydrogen-bond donors (Lipinski definition) is 2. The quantitative estimate of drug-likeness (QED) is 0.690. The second kappa shape index (κ2) is 3.58. The predicted octanol–water partition coefficient (Wildman–Crippen LogP) is 1.91. The van der Waals surface area contributed by atoms with Crippen LogP contribution in [0.3, 0.4) is 0 Å². The molecule has 0 aromatic heterocycles. The number of hydrogen-bond acceptors (Lipinski definition) is 2. The first kappa shape index (κ1) is 11.0. The van der Waals surface area contributed by atoms with E-state index in [0.717, 1.165) is 12.8 Å². The van der Waals surface area contributed by atoms with Gasteiger partial charge in [0, 0.05) is 12.0 Å². The molecule has 3 N–H and O–H groups in total. The van der Waals surface area contributed by atoms with Crippen molar-refractivity contribution in [2.24, 2.45) is 16.6 Å². The van der Waals surface area contributed by atoms with E-state index in [0.29, 0.717) is 12.0 Å². The minimum atomic E-state index is -0.256. The van der Waals surface area contributed by atoms with Gasteiger partial charge in [0.25, 0.3) is 0 Å². The van der Waals surface area contributed by atoms with Crippen molar-refractivity contribution in [1.82, 2.24) is 0 Å². The van der Waals surface area contributed by atoms with Gasteiger partial charge in [0.05, 0.1) is 6.10 Å². The highest BCUT2D eigenvalue weighted by Crippen LogP contribution is 2.46. The van der Waals surface area contributed by atoms with Gasteiger partial charge < -0.3 is 10.8 Å². The molecule has 0 bridgehead atoms. The summed E-state index contributed by atoms with van der Waals surface area (Å²) in [5, 5.41) is 9.72. The van der Waals surface area contributed by atoms with Crippen molar-refractivity contribution in [2.45, 2.75) is 52.6 Å². The first-order valence-electron chi connectivity index (χ1n) is 5.30. The summed E-state index contributed by atoms with van der Waals surface area (Å²) in [6.07, 6.45) is 4.28. The van der Waals surface area contributed by atoms with Crippen molar-refractivity contribution in [2.75, 3.05) is 6.54 Å². The molecule has 0 saturated heterocycles. The van der Waals surface area contributed by atoms with Gasteiger partial charge in [-0.2, -0.15) is 0 Å². The molecule has 0 radical (unpaired) electrons. The summed E-state index contributed by atoms with van der Waals surface area (Å²) in [6.45, 7) is 7.11. The SMILES string of the molecule is CC(O)C1(CN)CCC(C)(C)CC1. The average Bonchev–Trinajstić information content (AvgIpc) is 2.05. The zero-order valence-electron chi connectivity index (χ0n) is 9.14. The second-order valence-corrected chi connectivity index (χ2v) is 5.41. The Labute approximate surface area is 81.5 Å². The number of rotatable bonds is 2. The van der Waals surface area contributed by atoms with E-state index in [9.17, 15) is 5.11 Å². The maximum absolute atomic E-state index is 9.72. The van der Waals surface area contributed by atoms with Crippen LogP contribution in [-0.4, -0.2) is 17.8 Å². The fourth-order valence-corrected chi connectivity index (χ4v) is 2.22. The first-order valence-corrected chi connectivity index (χ1v) is 5.30. The number of aliphatic hydroxyl groups excluding tert-OH is 1. The highest BCUT2D eigenvalue weighted by atomic mass is 16.3. The lowest BCUT2D eigenvalue weighted by Gasteiger charge is -2.44. The van der Waals surface area contributed by atoms with Crippen LogP contribution in [-0.2, 0) is 0 Å². The van der Waals surface area contributed by atoms with Gasteiger partial charge in [0.15, 0.2) is 0 Å². The summed E-state index contributed by atoms with van der Waals surface area (Å²) in [4.78, 5) is 0. The van der Waals surface area contributed by atoms with Crippen molar-refractivity contribution >= 4 is 0 Å². The van der Waals surface area contributed by atoms with Crippen molar-refractivity contribution in [3.05, 3.63) is 0 Å². The van der Waals surface area contributed by atoms with Gasteiger partial charge >= 0.3 is 0 Å². The van der Waals surface area contributed by atoms with Gasteiger partial charge in [-0.1, -0.05) is 13.8 Å². The molecule has 0 amide bonds. The largest absolute Gasteiger partial charge is 0.393 e. The number of aliphatic hydroxyl groups is 1. The normalized spacial score (nSPS) is 28.4. The third-order valence-corrected chi connectivity index (χ3v) is 3.89. The molecule has 0 aliphatic heterocycles. The molecule has 1 unspecified atom stereocenters. The lowest BCUT2D eigenvalue weighted by Crippen LogP contribution is -2.44. The highest BCUT2D eigenvalue weighted by molar-refractivity contribution is 4.92. The lowest BCUT2D eigenvalue weighted by molar-refractivity contribution is -0.0107. The van der Waals surface area contributed by atoms with Gasteiger partial charge in [-0.15, -0.1) is 0 Å². The van der Waals surface area contributed by atoms with Crippen LogP contribution in [0.1, 0.15) is 46.5 Å². The summed E-state index contributed by atoms with van der Waals surface area (Å²) in [5.41, 5.74) is 6.23. The summed E-state index contributed by atoms with van der Waals surface area (Å²) < 4.78 is 0. The Balaban J connectivity index is 2.63. The van der Waals surface area contributed by atoms with Crippen LogP contribution in [0.15, 0.2) is 0 Å². The van der Waals surface area contributed by atoms with Crippen LogP contribution in [0.4, 0.5) is 0 Å². The van der Waals surface area contributed by atoms with Gasteiger partial charge in [-0.05, 0) is 38.0 Å². The molecule has 1 saturated carbocycles. The Morgan fingerprint density at radius 3 is 2.00 bits per heavy atom. The maximum atomic E-state index is 9.72. The Morgan fingerprint density at radius 2 is 1.69 bits per heavy atom. The lowest BCUT2D eigenvalue weighted by atomic mass is 9.63. The van der Waals surface area contributed by atoms with E-state index in [1.807, 2.05) is 6.92 Å². The molecular formula is C11H23NO. The van der Waals surface area contributed by atoms with Crippen molar-refractivity contribution < 1.29 is 5.11 Å². The molecule has 1 fully saturated rings. The van der Waals surface area contributed by atoms with E-state index in [2.05, 4.69) is 13.8 Å². The molecule has 0 spiro atoms. The number of nitrogens with two attached hydrogens (primary N) is 1. The minimum Gasteiger partial charge on any atom is -0.393 e. The Hall–Kier alpha value is -0.0800. The van der Waals surface area contributed by atoms with Gasteiger partial charge in [0.1, 0.15) is 0 Å². The van der Waals surface area contributed by atoms with Crippen LogP contribution >= 0.6 is 0 Å². The molecule has 1 aliphatic rings. The molecule has 2 nitrogen and oxygen atoms in total. The Kier molecular flexibility index (Phi) is 3.03. The second-order valence-electron chi connectivity index (χ2n) is 5.41. The molecular weight excluding hydrogens is 162 g/mol. The predicted molar refractivity (Wildman–Crippen MR) is 55.4 cm³/mol. The van der Waals surface area contributed by atoms with E-state index < -0.39 is 0 Å². The molecule has 1 rings (SSSR count). The van der Waals surface area contributed by atoms with E-state index in [1.54, 1.807) is 0 Å². The zero-order valence-corrected chi connectivity index (χ0v) is 9.14. The molecule has 0 aromatic rings. The van der Waals surface area contributed by atoms with Gasteiger partial charge in [0.2, 0.25) is 0 Å². The van der Waals surface area contributed by atoms with Crippen molar-refractivity contribution in [3.63, 3.8) is 0 Å². The fourth-order valence-electron chi connectivity index (χ4n) is 2.22. The summed E-state index contributed by atoms with van der Waals surface area (Å²) in [6, 6.07) is 0. The van der Waals surface area contributed by atoms with Crippen LogP contribution in [0, 0.1) is 10.8 Å². The third kappa shape index (κ3) is 2.23. The van der Waals surface area contributed by atoms with Gasteiger partial charge in [-0.25, -0.2) is 0 Å². The molecule has 0 heterocycles. The zero-order chi connectivity index (χ0) is 10.1. The van der Waals surface area contributed by atoms with Crippen LogP contribution in [0.25, 0.3) is 0 Å². The average molecular weight is 185 g/mol. The molecule has 1 aliphatic carbocycles. The summed E-state index contributed by atoms with van der Waals surface area (Å²) in [5.74, 6) is 0. The smallest absolute Gasteiger partial charge is 0.0580 e. The first-order chi connectivity index (χ1) is 5.92. The molecule has 1 atom stereocenters. The maximum Gasteiger partial charge on any atom is 0.0580 e. The van der Waals surface area contributed by atoms with E-state index in [-0.39, 0.29) is 11.5 Å². The fraction of sp³-hybridized carbons (Fsp3) is 1.00. The van der Waals surface area contributed by atoms with Crippen LogP contribution in [0.2, 0.25) is 0 Å². The Bertz CT molecular complexity index is 165. The van der Waals surface area contributed by atoms with E-state index in [1.165, 1.54) is 12.8 Å². The summed E-state index contributed by atoms with van der Waals surface area (Å²) in [7, 11) is 0. The molecule has 13 heavy (non-hydrogen) atoms. The Morgan fingerprint density at radius 1 is 1.23 bits per heavy atom. The topological polar surface area (TPSA) is 46.2 Å². The molecule has 0 aromatic carbocycles. The highest BCUT2D eigenvalue weighted by Gasteiger charge is 2.40. The van der Waals surface area contributed by atoms with E-state index >= 15 is 0 Å². The van der Waals surface area contributed by atoms with Crippen molar-refractivity contribution in [1.29, 1.82) is 0 Å². The van der Waals surface area contributed by atoms with Gasteiger partial charge in [-0.3, -0.25) is 0 Å². The minimum absolute atomic E-state index is 0.00944. The summed E-state index contributed by atoms with van der Waals surface area (Å²) >= 11 is 0. The standard InChI is InChI=1S/C11H23NO/c1-9(13)11(8-12)6-4-10(2,3)5-7-11/h9,13H,4-8,12H2,1-3H3. The third-order valence-electron chi connectivity index (χ3n) is 3.89. The van der Waals surface area contributed by atoms with Crippen LogP contribution in [0.5, 0.6) is 0 Å². The molecule has 2 heteroatoms. The van der Waals surface area contributed by atoms with Crippen LogP contribution < -0.4 is 5.73 Å². The monoisotopic (exact) mass is 185 g/mol. The van der Waals surface area contributed by atoms with E-state index in [4.69, 9.17) is 5.73 Å².